The summed E-state index contributed by atoms with van der Waals surface area (Å²) in [5.41, 5.74) is 2.67. The molecular weight excluding hydrogens is 434 g/mol. The molecule has 1 aromatic heterocycles. The van der Waals surface area contributed by atoms with Gasteiger partial charge in [0.15, 0.2) is 0 Å². The highest BCUT2D eigenvalue weighted by atomic mass is 32.2. The molecule has 0 radical (unpaired) electrons. The quantitative estimate of drug-likeness (QED) is 0.512. The van der Waals surface area contributed by atoms with Crippen molar-refractivity contribution in [2.75, 3.05) is 6.54 Å². The van der Waals surface area contributed by atoms with E-state index >= 15 is 0 Å². The van der Waals surface area contributed by atoms with Gasteiger partial charge in [-0.3, -0.25) is 4.79 Å². The fourth-order valence-corrected chi connectivity index (χ4v) is 6.52. The maximum absolute atomic E-state index is 13.5. The van der Waals surface area contributed by atoms with Crippen molar-refractivity contribution in [2.24, 2.45) is 11.8 Å². The number of aryl methyl sites for hydroxylation is 1. The minimum Gasteiger partial charge on any atom is -0.336 e. The summed E-state index contributed by atoms with van der Waals surface area (Å²) in [5.74, 6) is 0.626. The molecule has 0 unspecified atom stereocenters. The minimum atomic E-state index is -3.62. The molecule has 0 aliphatic heterocycles. The number of hydrogen-bond donors (Lipinski definition) is 0. The molecule has 0 bridgehead atoms. The highest BCUT2D eigenvalue weighted by Gasteiger charge is 2.35. The summed E-state index contributed by atoms with van der Waals surface area (Å²) in [7, 11) is -3.62. The Kier molecular flexibility index (Phi) is 7.27. The van der Waals surface area contributed by atoms with Crippen molar-refractivity contribution < 1.29 is 13.2 Å². The number of rotatable bonds is 9. The van der Waals surface area contributed by atoms with E-state index in [9.17, 15) is 13.2 Å². The van der Waals surface area contributed by atoms with E-state index < -0.39 is 9.84 Å². The fourth-order valence-electron chi connectivity index (χ4n) is 5.00. The van der Waals surface area contributed by atoms with Crippen LogP contribution in [0.2, 0.25) is 0 Å². The average molecular weight is 472 g/mol. The van der Waals surface area contributed by atoms with Gasteiger partial charge in [-0.05, 0) is 44.1 Å². The molecule has 2 aromatic rings. The number of imidazole rings is 1. The van der Waals surface area contributed by atoms with Crippen molar-refractivity contribution in [1.82, 2.24) is 14.5 Å². The van der Waals surface area contributed by atoms with Crippen LogP contribution >= 0.6 is 0 Å². The molecule has 0 atom stereocenters. The maximum atomic E-state index is 13.5. The van der Waals surface area contributed by atoms with Crippen LogP contribution in [0.5, 0.6) is 0 Å². The molecule has 2 fully saturated rings. The normalized spacial score (nSPS) is 17.5. The molecule has 180 valence electrons. The third kappa shape index (κ3) is 5.86. The van der Waals surface area contributed by atoms with Gasteiger partial charge in [-0.2, -0.15) is 0 Å². The van der Waals surface area contributed by atoms with Crippen LogP contribution in [0.4, 0.5) is 0 Å². The molecular formula is C26H37N3O3S. The molecule has 1 aromatic carbocycles. The second kappa shape index (κ2) is 10.00. The predicted octanol–water partition coefficient (Wildman–Crippen LogP) is 5.07. The van der Waals surface area contributed by atoms with Crippen LogP contribution in [0.3, 0.4) is 0 Å². The molecule has 2 aliphatic rings. The third-order valence-electron chi connectivity index (χ3n) is 6.67. The SMILES string of the molecule is Cc1cccc(CS(=O)(=O)c2ncc(CN(CC(C)C)C(=O)C3CC3)n2C2CCCCC2)c1. The number of benzene rings is 1. The molecule has 0 spiro atoms. The van der Waals surface area contributed by atoms with E-state index in [0.717, 1.165) is 55.3 Å². The van der Waals surface area contributed by atoms with Gasteiger partial charge in [0.2, 0.25) is 20.9 Å². The summed E-state index contributed by atoms with van der Waals surface area (Å²) < 4.78 is 29.1. The summed E-state index contributed by atoms with van der Waals surface area (Å²) in [5, 5.41) is 0.161. The third-order valence-corrected chi connectivity index (χ3v) is 8.25. The van der Waals surface area contributed by atoms with E-state index in [1.54, 1.807) is 6.20 Å². The maximum Gasteiger partial charge on any atom is 0.228 e. The first kappa shape index (κ1) is 24.0. The summed E-state index contributed by atoms with van der Waals surface area (Å²) in [6, 6.07) is 7.77. The fraction of sp³-hybridized carbons (Fsp3) is 0.615. The zero-order chi connectivity index (χ0) is 23.6. The lowest BCUT2D eigenvalue weighted by Gasteiger charge is -2.29. The second-order valence-corrected chi connectivity index (χ2v) is 12.2. The largest absolute Gasteiger partial charge is 0.336 e. The molecule has 6 nitrogen and oxygen atoms in total. The molecule has 0 N–H and O–H groups in total. The van der Waals surface area contributed by atoms with E-state index in [1.807, 2.05) is 40.7 Å². The van der Waals surface area contributed by atoms with Gasteiger partial charge in [0.1, 0.15) is 0 Å². The number of hydrogen-bond acceptors (Lipinski definition) is 4. The highest BCUT2D eigenvalue weighted by molar-refractivity contribution is 7.90. The predicted molar refractivity (Wildman–Crippen MR) is 129 cm³/mol. The van der Waals surface area contributed by atoms with Crippen molar-refractivity contribution in [1.29, 1.82) is 0 Å². The van der Waals surface area contributed by atoms with Crippen LogP contribution in [0, 0.1) is 18.8 Å². The van der Waals surface area contributed by atoms with Crippen LogP contribution in [0.25, 0.3) is 0 Å². The minimum absolute atomic E-state index is 0.0609. The first-order valence-corrected chi connectivity index (χ1v) is 14.0. The summed E-state index contributed by atoms with van der Waals surface area (Å²) in [6.07, 6.45) is 8.91. The molecule has 4 rings (SSSR count). The van der Waals surface area contributed by atoms with Crippen molar-refractivity contribution >= 4 is 15.7 Å². The van der Waals surface area contributed by atoms with Gasteiger partial charge >= 0.3 is 0 Å². The summed E-state index contributed by atoms with van der Waals surface area (Å²) in [4.78, 5) is 19.4. The zero-order valence-electron chi connectivity index (χ0n) is 20.2. The van der Waals surface area contributed by atoms with E-state index in [1.165, 1.54) is 6.42 Å². The summed E-state index contributed by atoms with van der Waals surface area (Å²) >= 11 is 0. The molecule has 1 heterocycles. The van der Waals surface area contributed by atoms with Crippen molar-refractivity contribution in [2.45, 2.75) is 89.2 Å². The van der Waals surface area contributed by atoms with Crippen molar-refractivity contribution in [3.63, 3.8) is 0 Å². The summed E-state index contributed by atoms with van der Waals surface area (Å²) in [6.45, 7) is 7.30. The lowest BCUT2D eigenvalue weighted by Crippen LogP contribution is -2.36. The van der Waals surface area contributed by atoms with E-state index in [2.05, 4.69) is 18.8 Å². The Morgan fingerprint density at radius 1 is 1.15 bits per heavy atom. The number of amides is 1. The number of sulfone groups is 1. The molecule has 2 saturated carbocycles. The second-order valence-electron chi connectivity index (χ2n) is 10.3. The van der Waals surface area contributed by atoms with Gasteiger partial charge in [0.05, 0.1) is 24.2 Å². The lowest BCUT2D eigenvalue weighted by molar-refractivity contribution is -0.133. The standard InChI is InChI=1S/C26H37N3O3S/c1-19(2)16-28(25(30)22-12-13-22)17-24-15-27-26(29(24)23-10-5-4-6-11-23)33(31,32)18-21-9-7-8-20(3)14-21/h7-9,14-15,19,22-23H,4-6,10-13,16-18H2,1-3H3. The van der Waals surface area contributed by atoms with E-state index in [0.29, 0.717) is 19.0 Å². The van der Waals surface area contributed by atoms with Gasteiger partial charge in [-0.25, -0.2) is 13.4 Å². The Balaban J connectivity index is 1.68. The zero-order valence-corrected chi connectivity index (χ0v) is 21.0. The van der Waals surface area contributed by atoms with Gasteiger partial charge < -0.3 is 9.47 Å². The number of carbonyl (C=O) groups is 1. The molecule has 33 heavy (non-hydrogen) atoms. The molecule has 0 saturated heterocycles. The molecule has 1 amide bonds. The van der Waals surface area contributed by atoms with Crippen molar-refractivity contribution in [3.8, 4) is 0 Å². The molecule has 2 aliphatic carbocycles. The van der Waals surface area contributed by atoms with Crippen LogP contribution < -0.4 is 0 Å². The lowest BCUT2D eigenvalue weighted by atomic mass is 9.95. The Bertz CT molecular complexity index is 1080. The van der Waals surface area contributed by atoms with Crippen LogP contribution in [-0.2, 0) is 26.9 Å². The average Bonchev–Trinajstić information content (AvgIpc) is 3.52. The van der Waals surface area contributed by atoms with Crippen LogP contribution in [-0.4, -0.2) is 35.3 Å². The van der Waals surface area contributed by atoms with E-state index in [-0.39, 0.29) is 28.8 Å². The first-order valence-electron chi connectivity index (χ1n) is 12.4. The van der Waals surface area contributed by atoms with Gasteiger partial charge in [0.25, 0.3) is 0 Å². The highest BCUT2D eigenvalue weighted by Crippen LogP contribution is 2.35. The monoisotopic (exact) mass is 471 g/mol. The Hall–Kier alpha value is -2.15. The topological polar surface area (TPSA) is 72.3 Å². The number of carbonyl (C=O) groups excluding carboxylic acids is 1. The molecule has 7 heteroatoms. The first-order chi connectivity index (χ1) is 15.7. The Morgan fingerprint density at radius 2 is 1.88 bits per heavy atom. The van der Waals surface area contributed by atoms with Crippen LogP contribution in [0.15, 0.2) is 35.6 Å². The van der Waals surface area contributed by atoms with Gasteiger partial charge in [0, 0.05) is 18.5 Å². The number of aromatic nitrogens is 2. The van der Waals surface area contributed by atoms with Gasteiger partial charge in [-0.1, -0.05) is 62.9 Å². The van der Waals surface area contributed by atoms with Gasteiger partial charge in [-0.15, -0.1) is 0 Å². The van der Waals surface area contributed by atoms with Crippen LogP contribution in [0.1, 0.15) is 81.7 Å². The van der Waals surface area contributed by atoms with Crippen molar-refractivity contribution in [3.05, 3.63) is 47.3 Å². The number of nitrogens with zero attached hydrogens (tertiary/aromatic N) is 3. The van der Waals surface area contributed by atoms with E-state index in [4.69, 9.17) is 0 Å². The smallest absolute Gasteiger partial charge is 0.228 e. The Morgan fingerprint density at radius 3 is 2.52 bits per heavy atom. The Labute approximate surface area is 198 Å².